The van der Waals surface area contributed by atoms with E-state index in [1.165, 1.54) is 11.8 Å². The molecule has 0 saturated heterocycles. The molecule has 0 saturated carbocycles. The van der Waals surface area contributed by atoms with Crippen molar-refractivity contribution in [2.24, 2.45) is 0 Å². The van der Waals surface area contributed by atoms with E-state index in [0.29, 0.717) is 11.6 Å². The van der Waals surface area contributed by atoms with Crippen LogP contribution in [0.5, 0.6) is 0 Å². The molecule has 3 rings (SSSR count). The first-order valence-electron chi connectivity index (χ1n) is 7.46. The number of aromatic nitrogens is 4. The zero-order valence-corrected chi connectivity index (χ0v) is 15.1. The lowest BCUT2D eigenvalue weighted by Crippen LogP contribution is -2.23. The van der Waals surface area contributed by atoms with Crippen LogP contribution in [0, 0.1) is 6.92 Å². The van der Waals surface area contributed by atoms with Crippen molar-refractivity contribution in [2.75, 3.05) is 5.32 Å². The van der Waals surface area contributed by atoms with Crippen molar-refractivity contribution in [3.8, 4) is 10.7 Å². The third-order valence-electron chi connectivity index (χ3n) is 3.31. The van der Waals surface area contributed by atoms with E-state index in [1.54, 1.807) is 24.3 Å². The molecule has 0 aliphatic rings. The third kappa shape index (κ3) is 3.51. The number of amides is 1. The number of carbonyl (C=O) groups is 1. The fourth-order valence-electron chi connectivity index (χ4n) is 2.11. The van der Waals surface area contributed by atoms with Gasteiger partial charge in [0.2, 0.25) is 5.91 Å². The summed E-state index contributed by atoms with van der Waals surface area (Å²) in [5, 5.41) is 17.4. The molecule has 7 nitrogen and oxygen atoms in total. The molecule has 0 radical (unpaired) electrons. The number of aryl methyl sites for hydroxylation is 1. The summed E-state index contributed by atoms with van der Waals surface area (Å²) in [4.78, 5) is 13.4. The normalized spacial score (nSPS) is 12.3. The monoisotopic (exact) mass is 363 g/mol. The molecule has 9 heteroatoms. The number of nitrogens with one attached hydrogen (secondary N) is 1. The minimum absolute atomic E-state index is 0.156. The maximum atomic E-state index is 12.3. The molecule has 0 aromatic carbocycles. The number of nitrogens with zero attached hydrogens (tertiary/aromatic N) is 4. The van der Waals surface area contributed by atoms with Gasteiger partial charge in [-0.25, -0.2) is 0 Å². The molecule has 0 fully saturated rings. The molecule has 0 aliphatic heterocycles. The highest BCUT2D eigenvalue weighted by Gasteiger charge is 2.21. The number of carbonyl (C=O) groups excluding carboxylic acids is 1. The van der Waals surface area contributed by atoms with E-state index in [0.717, 1.165) is 22.4 Å². The molecule has 0 bridgehead atoms. The van der Waals surface area contributed by atoms with E-state index < -0.39 is 0 Å². The fraction of sp³-hybridized carbons (Fsp3) is 0.333. The van der Waals surface area contributed by atoms with E-state index in [4.69, 9.17) is 4.52 Å². The van der Waals surface area contributed by atoms with Gasteiger partial charge in [0.05, 0.1) is 10.1 Å². The average Bonchev–Trinajstić information content (AvgIpc) is 3.27. The van der Waals surface area contributed by atoms with Crippen molar-refractivity contribution in [3.05, 3.63) is 29.3 Å². The summed E-state index contributed by atoms with van der Waals surface area (Å²) < 4.78 is 6.96. The second-order valence-corrected chi connectivity index (χ2v) is 7.36. The fourth-order valence-corrected chi connectivity index (χ4v) is 3.74. The first-order valence-corrected chi connectivity index (χ1v) is 9.22. The molecule has 1 unspecified atom stereocenters. The maximum Gasteiger partial charge on any atom is 0.238 e. The van der Waals surface area contributed by atoms with Gasteiger partial charge in [-0.15, -0.1) is 21.5 Å². The van der Waals surface area contributed by atoms with Gasteiger partial charge in [-0.05, 0) is 32.2 Å². The van der Waals surface area contributed by atoms with Crippen LogP contribution in [0.3, 0.4) is 0 Å². The minimum Gasteiger partial charge on any atom is -0.360 e. The summed E-state index contributed by atoms with van der Waals surface area (Å²) in [5.41, 5.74) is 0. The molecule has 0 spiro atoms. The number of rotatable bonds is 6. The molecule has 1 amide bonds. The van der Waals surface area contributed by atoms with E-state index in [-0.39, 0.29) is 11.2 Å². The summed E-state index contributed by atoms with van der Waals surface area (Å²) >= 11 is 2.99. The second-order valence-electron chi connectivity index (χ2n) is 5.10. The number of anilines is 1. The van der Waals surface area contributed by atoms with Crippen LogP contribution in [0.4, 0.5) is 5.82 Å². The Bertz CT molecular complexity index is 825. The van der Waals surface area contributed by atoms with Gasteiger partial charge in [0, 0.05) is 12.6 Å². The number of hydrogen-bond acceptors (Lipinski definition) is 7. The highest BCUT2D eigenvalue weighted by atomic mass is 32.2. The van der Waals surface area contributed by atoms with Gasteiger partial charge in [0.15, 0.2) is 16.8 Å². The Hall–Kier alpha value is -2.13. The van der Waals surface area contributed by atoms with Gasteiger partial charge in [0.1, 0.15) is 5.76 Å². The zero-order chi connectivity index (χ0) is 17.1. The molecule has 3 aromatic rings. The summed E-state index contributed by atoms with van der Waals surface area (Å²) in [6, 6.07) is 5.68. The van der Waals surface area contributed by atoms with Gasteiger partial charge in [-0.3, -0.25) is 4.79 Å². The largest absolute Gasteiger partial charge is 0.360 e. The van der Waals surface area contributed by atoms with Crippen molar-refractivity contribution in [1.82, 2.24) is 19.9 Å². The molecule has 1 N–H and O–H groups in total. The Kier molecular flexibility index (Phi) is 5.00. The Morgan fingerprint density at radius 2 is 2.33 bits per heavy atom. The topological polar surface area (TPSA) is 85.8 Å². The van der Waals surface area contributed by atoms with Crippen LogP contribution in [-0.4, -0.2) is 31.1 Å². The molecule has 0 aliphatic carbocycles. The third-order valence-corrected chi connectivity index (χ3v) is 5.25. The number of thioether (sulfide) groups is 1. The Labute approximate surface area is 147 Å². The number of thiophene rings is 1. The Balaban J connectivity index is 1.72. The van der Waals surface area contributed by atoms with Crippen LogP contribution in [0.15, 0.2) is 33.3 Å². The first-order chi connectivity index (χ1) is 11.6. The first kappa shape index (κ1) is 16.7. The highest BCUT2D eigenvalue weighted by molar-refractivity contribution is 8.00. The van der Waals surface area contributed by atoms with Crippen molar-refractivity contribution < 1.29 is 9.32 Å². The maximum absolute atomic E-state index is 12.3. The molecule has 126 valence electrons. The van der Waals surface area contributed by atoms with Gasteiger partial charge in [-0.1, -0.05) is 23.0 Å². The summed E-state index contributed by atoms with van der Waals surface area (Å²) in [7, 11) is 0. The van der Waals surface area contributed by atoms with E-state index in [9.17, 15) is 4.79 Å². The second kappa shape index (κ2) is 7.18. The van der Waals surface area contributed by atoms with Crippen LogP contribution in [0.2, 0.25) is 0 Å². The van der Waals surface area contributed by atoms with E-state index >= 15 is 0 Å². The smallest absolute Gasteiger partial charge is 0.238 e. The summed E-state index contributed by atoms with van der Waals surface area (Å²) in [6.45, 7) is 6.37. The molecule has 24 heavy (non-hydrogen) atoms. The highest BCUT2D eigenvalue weighted by Crippen LogP contribution is 2.29. The minimum atomic E-state index is -0.340. The van der Waals surface area contributed by atoms with Crippen LogP contribution >= 0.6 is 23.1 Å². The van der Waals surface area contributed by atoms with E-state index in [2.05, 4.69) is 20.7 Å². The lowest BCUT2D eigenvalue weighted by atomic mass is 10.4. The van der Waals surface area contributed by atoms with Crippen molar-refractivity contribution in [3.63, 3.8) is 0 Å². The van der Waals surface area contributed by atoms with Crippen molar-refractivity contribution in [1.29, 1.82) is 0 Å². The average molecular weight is 363 g/mol. The van der Waals surface area contributed by atoms with Gasteiger partial charge < -0.3 is 14.4 Å². The standard InChI is InChI=1S/C15H17N5O2S2/c1-4-20-13(11-6-5-7-23-11)17-18-15(20)24-10(3)14(21)16-12-8-9(2)22-19-12/h5-8,10H,4H2,1-3H3,(H,16,19,21). The lowest BCUT2D eigenvalue weighted by Gasteiger charge is -2.11. The van der Waals surface area contributed by atoms with Gasteiger partial charge in [0.25, 0.3) is 0 Å². The SMILES string of the molecule is CCn1c(SC(C)C(=O)Nc2cc(C)on2)nnc1-c1cccs1. The quantitative estimate of drug-likeness (QED) is 0.675. The van der Waals surface area contributed by atoms with Crippen LogP contribution in [0.1, 0.15) is 19.6 Å². The molecular formula is C15H17N5O2S2. The van der Waals surface area contributed by atoms with Gasteiger partial charge >= 0.3 is 0 Å². The zero-order valence-electron chi connectivity index (χ0n) is 13.5. The van der Waals surface area contributed by atoms with Crippen LogP contribution < -0.4 is 5.32 Å². The molecule has 3 aromatic heterocycles. The molecule has 1 atom stereocenters. The summed E-state index contributed by atoms with van der Waals surface area (Å²) in [6.07, 6.45) is 0. The Morgan fingerprint density at radius 1 is 1.50 bits per heavy atom. The molecule has 3 heterocycles. The molecular weight excluding hydrogens is 346 g/mol. The van der Waals surface area contributed by atoms with Crippen LogP contribution in [0.25, 0.3) is 10.7 Å². The Morgan fingerprint density at radius 3 is 2.96 bits per heavy atom. The van der Waals surface area contributed by atoms with E-state index in [1.807, 2.05) is 35.9 Å². The van der Waals surface area contributed by atoms with Gasteiger partial charge in [-0.2, -0.15) is 0 Å². The van der Waals surface area contributed by atoms with Crippen LogP contribution in [-0.2, 0) is 11.3 Å². The summed E-state index contributed by atoms with van der Waals surface area (Å²) in [5.74, 6) is 1.74. The predicted octanol–water partition coefficient (Wildman–Crippen LogP) is 3.44. The van der Waals surface area contributed by atoms with Crippen molar-refractivity contribution >= 4 is 34.8 Å². The predicted molar refractivity (Wildman–Crippen MR) is 94.2 cm³/mol. The van der Waals surface area contributed by atoms with Crippen molar-refractivity contribution in [2.45, 2.75) is 37.7 Å². The lowest BCUT2D eigenvalue weighted by molar-refractivity contribution is -0.115. The number of hydrogen-bond donors (Lipinski definition) is 1.